The van der Waals surface area contributed by atoms with Crippen molar-refractivity contribution in [2.24, 2.45) is 0 Å². The van der Waals surface area contributed by atoms with E-state index in [2.05, 4.69) is 21.2 Å². The highest BCUT2D eigenvalue weighted by Gasteiger charge is 2.37. The molecule has 1 fully saturated rings. The molecule has 2 aromatic carbocycles. The van der Waals surface area contributed by atoms with Crippen molar-refractivity contribution in [2.45, 2.75) is 0 Å². The van der Waals surface area contributed by atoms with Crippen LogP contribution in [0.4, 0.5) is 10.5 Å². The number of nitrogens with one attached hydrogen (secondary N) is 1. The second-order valence-electron chi connectivity index (χ2n) is 6.48. The highest BCUT2D eigenvalue weighted by atomic mass is 79.9. The van der Waals surface area contributed by atoms with Gasteiger partial charge < -0.3 is 18.9 Å². The summed E-state index contributed by atoms with van der Waals surface area (Å²) in [5, 5.41) is 10.9. The molecule has 32 heavy (non-hydrogen) atoms. The second-order valence-corrected chi connectivity index (χ2v) is 7.33. The zero-order chi connectivity index (χ0) is 22.8. The lowest BCUT2D eigenvalue weighted by molar-refractivity contribution is -0.122. The summed E-state index contributed by atoms with van der Waals surface area (Å²) in [4.78, 5) is 38.8. The molecule has 4 rings (SSSR count). The van der Waals surface area contributed by atoms with E-state index >= 15 is 0 Å². The molecule has 0 unspecified atom stereocenters. The van der Waals surface area contributed by atoms with Gasteiger partial charge in [-0.05, 0) is 51.8 Å². The molecular weight excluding hydrogens is 486 g/mol. The summed E-state index contributed by atoms with van der Waals surface area (Å²) in [6, 6.07) is 8.67. The minimum Gasteiger partial charge on any atom is -0.493 e. The number of carbonyl (C=O) groups excluding carboxylic acids is 3. The van der Waals surface area contributed by atoms with Gasteiger partial charge in [-0.15, -0.1) is 0 Å². The Balaban J connectivity index is 1.71. The van der Waals surface area contributed by atoms with Crippen molar-refractivity contribution in [1.29, 1.82) is 5.26 Å². The number of urea groups is 1. The SMILES string of the molecule is COc1cc(/C=C2\C(=O)NC(=O)N(c3ccc4c(c3)OCO4)C2=O)cc(Br)c1OCC#N. The summed E-state index contributed by atoms with van der Waals surface area (Å²) in [6.07, 6.45) is 1.32. The van der Waals surface area contributed by atoms with E-state index < -0.39 is 17.8 Å². The first-order valence-electron chi connectivity index (χ1n) is 9.11. The number of fused-ring (bicyclic) bond motifs is 1. The monoisotopic (exact) mass is 499 g/mol. The molecule has 0 bridgehead atoms. The van der Waals surface area contributed by atoms with Crippen molar-refractivity contribution in [1.82, 2.24) is 5.32 Å². The van der Waals surface area contributed by atoms with Crippen molar-refractivity contribution >= 4 is 45.5 Å². The quantitative estimate of drug-likeness (QED) is 0.491. The first-order valence-corrected chi connectivity index (χ1v) is 9.90. The van der Waals surface area contributed by atoms with Crippen LogP contribution >= 0.6 is 15.9 Å². The Hall–Kier alpha value is -4.04. The molecule has 2 heterocycles. The van der Waals surface area contributed by atoms with Gasteiger partial charge in [0.15, 0.2) is 29.6 Å². The molecule has 2 aliphatic rings. The zero-order valence-corrected chi connectivity index (χ0v) is 18.1. The fourth-order valence-corrected chi connectivity index (χ4v) is 3.72. The normalized spacial score (nSPS) is 16.1. The van der Waals surface area contributed by atoms with Crippen LogP contribution in [0.25, 0.3) is 6.08 Å². The van der Waals surface area contributed by atoms with E-state index in [-0.39, 0.29) is 30.4 Å². The van der Waals surface area contributed by atoms with E-state index in [0.29, 0.717) is 27.3 Å². The molecule has 0 spiro atoms. The molecule has 1 N–H and O–H groups in total. The number of halogens is 1. The number of amides is 4. The van der Waals surface area contributed by atoms with Crippen molar-refractivity contribution in [3.63, 3.8) is 0 Å². The first kappa shape index (κ1) is 21.2. The second kappa shape index (κ2) is 8.60. The molecule has 0 saturated carbocycles. The van der Waals surface area contributed by atoms with E-state index in [1.807, 2.05) is 6.07 Å². The molecule has 0 atom stereocenters. The molecule has 162 valence electrons. The average Bonchev–Trinajstić information content (AvgIpc) is 3.23. The Kier molecular flexibility index (Phi) is 5.70. The van der Waals surface area contributed by atoms with E-state index in [0.717, 1.165) is 4.90 Å². The molecule has 2 aliphatic heterocycles. The number of hydrogen-bond donors (Lipinski definition) is 1. The van der Waals surface area contributed by atoms with Crippen LogP contribution in [0.3, 0.4) is 0 Å². The van der Waals surface area contributed by atoms with Crippen LogP contribution in [0.2, 0.25) is 0 Å². The maximum atomic E-state index is 13.1. The number of imide groups is 2. The zero-order valence-electron chi connectivity index (χ0n) is 16.5. The smallest absolute Gasteiger partial charge is 0.335 e. The maximum absolute atomic E-state index is 13.1. The van der Waals surface area contributed by atoms with E-state index in [1.165, 1.54) is 31.4 Å². The van der Waals surface area contributed by atoms with Crippen LogP contribution in [-0.4, -0.2) is 38.4 Å². The number of anilines is 1. The summed E-state index contributed by atoms with van der Waals surface area (Å²) in [5.74, 6) is -0.190. The third-order valence-corrected chi connectivity index (χ3v) is 5.15. The van der Waals surface area contributed by atoms with Crippen molar-refractivity contribution in [3.8, 4) is 29.1 Å². The van der Waals surface area contributed by atoms with Crippen LogP contribution in [0.15, 0.2) is 40.4 Å². The third-order valence-electron chi connectivity index (χ3n) is 4.56. The number of carbonyl (C=O) groups is 3. The van der Waals surface area contributed by atoms with Crippen molar-refractivity contribution in [2.75, 3.05) is 25.4 Å². The van der Waals surface area contributed by atoms with Gasteiger partial charge in [0, 0.05) is 6.07 Å². The summed E-state index contributed by atoms with van der Waals surface area (Å²) >= 11 is 3.33. The van der Waals surface area contributed by atoms with Gasteiger partial charge in [0.05, 0.1) is 17.3 Å². The molecule has 0 radical (unpaired) electrons. The number of nitriles is 1. The number of barbiturate groups is 1. The van der Waals surface area contributed by atoms with Gasteiger partial charge in [0.2, 0.25) is 6.79 Å². The Bertz CT molecular complexity index is 1220. The molecule has 10 nitrogen and oxygen atoms in total. The van der Waals surface area contributed by atoms with Gasteiger partial charge in [-0.2, -0.15) is 5.26 Å². The Morgan fingerprint density at radius 1 is 1.22 bits per heavy atom. The lowest BCUT2D eigenvalue weighted by Gasteiger charge is -2.26. The van der Waals surface area contributed by atoms with Gasteiger partial charge in [-0.1, -0.05) is 0 Å². The molecule has 1 saturated heterocycles. The van der Waals surface area contributed by atoms with Gasteiger partial charge >= 0.3 is 6.03 Å². The molecule has 0 aliphatic carbocycles. The number of hydrogen-bond acceptors (Lipinski definition) is 8. The van der Waals surface area contributed by atoms with Crippen LogP contribution in [-0.2, 0) is 9.59 Å². The Morgan fingerprint density at radius 2 is 2.00 bits per heavy atom. The number of methoxy groups -OCH3 is 1. The summed E-state index contributed by atoms with van der Waals surface area (Å²) < 4.78 is 21.6. The Morgan fingerprint density at radius 3 is 2.75 bits per heavy atom. The van der Waals surface area contributed by atoms with Crippen molar-refractivity contribution < 1.29 is 33.3 Å². The van der Waals surface area contributed by atoms with Crippen molar-refractivity contribution in [3.05, 3.63) is 45.9 Å². The largest absolute Gasteiger partial charge is 0.493 e. The maximum Gasteiger partial charge on any atom is 0.335 e. The van der Waals surface area contributed by atoms with Crippen LogP contribution < -0.4 is 29.2 Å². The minimum atomic E-state index is -0.880. The number of benzene rings is 2. The lowest BCUT2D eigenvalue weighted by atomic mass is 10.1. The summed E-state index contributed by atoms with van der Waals surface area (Å²) in [5.41, 5.74) is 0.382. The molecule has 4 amide bonds. The van der Waals surface area contributed by atoms with Gasteiger partial charge in [0.25, 0.3) is 11.8 Å². The van der Waals surface area contributed by atoms with E-state index in [1.54, 1.807) is 12.1 Å². The standard InChI is InChI=1S/C21H14BrN3O7/c1-29-17-8-11(7-14(22)18(17)30-5-4-23)6-13-19(26)24-21(28)25(20(13)27)12-2-3-15-16(9-12)32-10-31-15/h2-3,6-9H,5,10H2,1H3,(H,24,26,28)/b13-6+. The minimum absolute atomic E-state index is 0.0351. The molecule has 0 aromatic heterocycles. The van der Waals surface area contributed by atoms with E-state index in [9.17, 15) is 14.4 Å². The molecule has 11 heteroatoms. The predicted molar refractivity (Wildman–Crippen MR) is 113 cm³/mol. The summed E-state index contributed by atoms with van der Waals surface area (Å²) in [7, 11) is 1.41. The fraction of sp³-hybridized carbons (Fsp3) is 0.143. The van der Waals surface area contributed by atoms with Gasteiger partial charge in [-0.3, -0.25) is 14.9 Å². The predicted octanol–water partition coefficient (Wildman–Crippen LogP) is 2.76. The summed E-state index contributed by atoms with van der Waals surface area (Å²) in [6.45, 7) is -0.157. The lowest BCUT2D eigenvalue weighted by Crippen LogP contribution is -2.54. The first-order chi connectivity index (χ1) is 15.4. The number of rotatable bonds is 5. The Labute approximate surface area is 190 Å². The highest BCUT2D eigenvalue weighted by molar-refractivity contribution is 9.10. The van der Waals surface area contributed by atoms with Crippen LogP contribution in [0.5, 0.6) is 23.0 Å². The van der Waals surface area contributed by atoms with Gasteiger partial charge in [0.1, 0.15) is 11.6 Å². The third kappa shape index (κ3) is 3.83. The fourth-order valence-electron chi connectivity index (χ4n) is 3.15. The van der Waals surface area contributed by atoms with Crippen LogP contribution in [0, 0.1) is 11.3 Å². The topological polar surface area (TPSA) is 127 Å². The van der Waals surface area contributed by atoms with E-state index in [4.69, 9.17) is 24.2 Å². The molecule has 2 aromatic rings. The molecular formula is C21H14BrN3O7. The average molecular weight is 500 g/mol. The van der Waals surface area contributed by atoms with Gasteiger partial charge in [-0.25, -0.2) is 9.69 Å². The highest BCUT2D eigenvalue weighted by Crippen LogP contribution is 2.38. The van der Waals surface area contributed by atoms with Crippen LogP contribution in [0.1, 0.15) is 5.56 Å². The number of nitrogens with zero attached hydrogens (tertiary/aromatic N) is 2. The number of ether oxygens (including phenoxy) is 4.